The van der Waals surface area contributed by atoms with Gasteiger partial charge in [0.05, 0.1) is 18.3 Å². The van der Waals surface area contributed by atoms with Gasteiger partial charge < -0.3 is 30.3 Å². The number of aliphatic hydroxyl groups is 2. The van der Waals surface area contributed by atoms with Crippen molar-refractivity contribution in [3.63, 3.8) is 0 Å². The molecule has 0 spiro atoms. The first-order valence-corrected chi connectivity index (χ1v) is 13.8. The summed E-state index contributed by atoms with van der Waals surface area (Å²) in [6.07, 6.45) is 1.54. The number of phenols is 1. The van der Waals surface area contributed by atoms with Crippen LogP contribution >= 0.6 is 11.6 Å². The van der Waals surface area contributed by atoms with Crippen LogP contribution in [0.1, 0.15) is 48.4 Å². The Balaban J connectivity index is 0.00000216. The van der Waals surface area contributed by atoms with E-state index in [-0.39, 0.29) is 36.6 Å². The number of halogens is 1. The highest BCUT2D eigenvalue weighted by Gasteiger charge is 2.34. The van der Waals surface area contributed by atoms with Crippen LogP contribution in [-0.2, 0) is 5.60 Å². The minimum atomic E-state index is -1.20. The predicted molar refractivity (Wildman–Crippen MR) is 157 cm³/mol. The second kappa shape index (κ2) is 14.3. The zero-order valence-corrected chi connectivity index (χ0v) is 24.2. The second-order valence-corrected chi connectivity index (χ2v) is 9.94. The summed E-state index contributed by atoms with van der Waals surface area (Å²) in [6, 6.07) is 16.0. The fourth-order valence-corrected chi connectivity index (χ4v) is 4.87. The summed E-state index contributed by atoms with van der Waals surface area (Å²) in [5.41, 5.74) is 1.40. The van der Waals surface area contributed by atoms with Gasteiger partial charge in [0.1, 0.15) is 29.4 Å². The number of carbonyl (C=O) groups excluding carboxylic acids is 1. The van der Waals surface area contributed by atoms with Gasteiger partial charge in [-0.05, 0) is 42.8 Å². The SMILES string of the molecule is CC.CNC(=O)c1ccc([C@](C)(O)CN2CCN(c3ccc(OCCO)cc3O)[C@H](c3ccc(Cl)cc3)C2)cn1. The van der Waals surface area contributed by atoms with Gasteiger partial charge in [0.2, 0.25) is 0 Å². The molecule has 216 valence electrons. The van der Waals surface area contributed by atoms with Crippen molar-refractivity contribution in [1.82, 2.24) is 15.2 Å². The van der Waals surface area contributed by atoms with Crippen molar-refractivity contribution in [2.45, 2.75) is 32.4 Å². The molecule has 1 amide bonds. The largest absolute Gasteiger partial charge is 0.506 e. The van der Waals surface area contributed by atoms with Crippen molar-refractivity contribution in [1.29, 1.82) is 0 Å². The molecule has 1 fully saturated rings. The third kappa shape index (κ3) is 7.63. The molecule has 0 bridgehead atoms. The first-order chi connectivity index (χ1) is 19.2. The van der Waals surface area contributed by atoms with E-state index in [1.807, 2.05) is 44.2 Å². The Morgan fingerprint density at radius 2 is 1.88 bits per heavy atom. The number of nitrogens with one attached hydrogen (secondary N) is 1. The van der Waals surface area contributed by atoms with E-state index in [0.717, 1.165) is 5.56 Å². The Labute approximate surface area is 241 Å². The van der Waals surface area contributed by atoms with Crippen LogP contribution in [-0.4, -0.2) is 77.6 Å². The number of amides is 1. The fourth-order valence-electron chi connectivity index (χ4n) is 4.74. The molecule has 0 saturated carbocycles. The quantitative estimate of drug-likeness (QED) is 0.305. The maximum atomic E-state index is 11.8. The summed E-state index contributed by atoms with van der Waals surface area (Å²) in [4.78, 5) is 20.3. The molecule has 0 unspecified atom stereocenters. The van der Waals surface area contributed by atoms with Gasteiger partial charge in [0.15, 0.2) is 0 Å². The maximum Gasteiger partial charge on any atom is 0.269 e. The second-order valence-electron chi connectivity index (χ2n) is 9.50. The average molecular weight is 571 g/mol. The molecule has 0 radical (unpaired) electrons. The Bertz CT molecular complexity index is 1240. The molecular weight excluding hydrogens is 532 g/mol. The minimum absolute atomic E-state index is 0.0853. The molecule has 2 heterocycles. The first-order valence-electron chi connectivity index (χ1n) is 13.4. The number of nitrogens with zero attached hydrogens (tertiary/aromatic N) is 3. The third-order valence-electron chi connectivity index (χ3n) is 6.71. The van der Waals surface area contributed by atoms with Gasteiger partial charge in [-0.2, -0.15) is 0 Å². The summed E-state index contributed by atoms with van der Waals surface area (Å²) in [6.45, 7) is 7.96. The lowest BCUT2D eigenvalue weighted by molar-refractivity contribution is 0.00994. The Kier molecular flexibility index (Phi) is 11.2. The van der Waals surface area contributed by atoms with E-state index < -0.39 is 5.60 Å². The molecule has 1 aromatic heterocycles. The number of pyridine rings is 1. The van der Waals surface area contributed by atoms with Gasteiger partial charge in [-0.1, -0.05) is 43.6 Å². The van der Waals surface area contributed by atoms with E-state index in [9.17, 15) is 15.0 Å². The monoisotopic (exact) mass is 570 g/mol. The Morgan fingerprint density at radius 3 is 2.48 bits per heavy atom. The van der Waals surface area contributed by atoms with E-state index in [0.29, 0.717) is 48.2 Å². The van der Waals surface area contributed by atoms with Crippen LogP contribution in [0.2, 0.25) is 5.02 Å². The van der Waals surface area contributed by atoms with Crippen molar-refractivity contribution in [3.8, 4) is 11.5 Å². The van der Waals surface area contributed by atoms with E-state index >= 15 is 0 Å². The van der Waals surface area contributed by atoms with Crippen LogP contribution in [0.25, 0.3) is 0 Å². The zero-order chi connectivity index (χ0) is 29.3. The van der Waals surface area contributed by atoms with Crippen molar-refractivity contribution in [3.05, 3.63) is 82.6 Å². The lowest BCUT2D eigenvalue weighted by Crippen LogP contribution is -2.52. The van der Waals surface area contributed by atoms with Gasteiger partial charge in [0.25, 0.3) is 5.91 Å². The number of carbonyl (C=O) groups is 1. The highest BCUT2D eigenvalue weighted by Crippen LogP contribution is 2.39. The van der Waals surface area contributed by atoms with Crippen LogP contribution in [0.4, 0.5) is 5.69 Å². The standard InChI is InChI=1S/C28H33ClN4O5.C2H6/c1-28(37,20-5-9-23(31-16-20)27(36)30-2)18-32-11-12-33(25(17-32)19-3-6-21(29)7-4-19)24-10-8-22(15-26(24)35)38-14-13-34;1-2/h3-10,15-16,25,34-35,37H,11-14,17-18H2,1-2H3,(H,30,36);1-2H3/t25-,28+;/m0./s1. The number of benzene rings is 2. The lowest BCUT2D eigenvalue weighted by atomic mass is 9.94. The number of phenolic OH excluding ortho intramolecular Hbond substituents is 1. The molecule has 2 aromatic carbocycles. The number of ether oxygens (including phenoxy) is 1. The van der Waals surface area contributed by atoms with Crippen LogP contribution in [0.5, 0.6) is 11.5 Å². The molecule has 4 rings (SSSR count). The van der Waals surface area contributed by atoms with Crippen molar-refractivity contribution >= 4 is 23.2 Å². The van der Waals surface area contributed by atoms with Gasteiger partial charge >= 0.3 is 0 Å². The molecule has 1 aliphatic rings. The van der Waals surface area contributed by atoms with Gasteiger partial charge in [-0.15, -0.1) is 0 Å². The fraction of sp³-hybridized carbons (Fsp3) is 0.400. The summed E-state index contributed by atoms with van der Waals surface area (Å²) >= 11 is 6.15. The normalized spacial score (nSPS) is 16.9. The molecule has 3 aromatic rings. The molecule has 10 heteroatoms. The molecule has 2 atom stereocenters. The Morgan fingerprint density at radius 1 is 1.15 bits per heavy atom. The van der Waals surface area contributed by atoms with Crippen LogP contribution < -0.4 is 15.0 Å². The smallest absolute Gasteiger partial charge is 0.269 e. The average Bonchev–Trinajstić information content (AvgIpc) is 2.97. The topological polar surface area (TPSA) is 118 Å². The summed E-state index contributed by atoms with van der Waals surface area (Å²) < 4.78 is 5.44. The van der Waals surface area contributed by atoms with Gasteiger partial charge in [-0.25, -0.2) is 0 Å². The first kappa shape index (κ1) is 31.2. The minimum Gasteiger partial charge on any atom is -0.506 e. The summed E-state index contributed by atoms with van der Waals surface area (Å²) in [5.74, 6) is 0.283. The van der Waals surface area contributed by atoms with Crippen molar-refractivity contribution < 1.29 is 24.9 Å². The van der Waals surface area contributed by atoms with Crippen molar-refractivity contribution in [2.75, 3.05) is 51.3 Å². The molecule has 0 aliphatic carbocycles. The molecule has 9 nitrogen and oxygen atoms in total. The zero-order valence-electron chi connectivity index (χ0n) is 23.5. The van der Waals surface area contributed by atoms with E-state index in [1.54, 1.807) is 38.2 Å². The third-order valence-corrected chi connectivity index (χ3v) is 6.96. The number of β-amino-alcohol motifs (C(OH)–C–C–N with tert-alkyl or cyclic N) is 1. The number of aromatic nitrogens is 1. The van der Waals surface area contributed by atoms with Gasteiger partial charge in [0, 0.05) is 56.1 Å². The number of aromatic hydroxyl groups is 1. The van der Waals surface area contributed by atoms with Gasteiger partial charge in [-0.3, -0.25) is 14.7 Å². The molecule has 40 heavy (non-hydrogen) atoms. The summed E-state index contributed by atoms with van der Waals surface area (Å²) in [5, 5.41) is 34.4. The molecular formula is C30H39ClN4O5. The van der Waals surface area contributed by atoms with E-state index in [4.69, 9.17) is 21.4 Å². The molecule has 4 N–H and O–H groups in total. The lowest BCUT2D eigenvalue weighted by Gasteiger charge is -2.45. The van der Waals surface area contributed by atoms with E-state index in [2.05, 4.69) is 20.1 Å². The number of rotatable bonds is 9. The Hall–Kier alpha value is -3.37. The van der Waals surface area contributed by atoms with E-state index in [1.165, 1.54) is 6.20 Å². The number of anilines is 1. The molecule has 1 saturated heterocycles. The van der Waals surface area contributed by atoms with Crippen molar-refractivity contribution in [2.24, 2.45) is 0 Å². The maximum absolute atomic E-state index is 11.8. The predicted octanol–water partition coefficient (Wildman–Crippen LogP) is 3.97. The highest BCUT2D eigenvalue weighted by molar-refractivity contribution is 6.30. The highest BCUT2D eigenvalue weighted by atomic mass is 35.5. The summed E-state index contributed by atoms with van der Waals surface area (Å²) in [7, 11) is 1.55. The number of hydrogen-bond donors (Lipinski definition) is 4. The van der Waals surface area contributed by atoms with Crippen LogP contribution in [0, 0.1) is 0 Å². The number of piperazine rings is 1. The molecule has 1 aliphatic heterocycles. The van der Waals surface area contributed by atoms with Crippen LogP contribution in [0.3, 0.4) is 0 Å². The number of aliphatic hydroxyl groups excluding tert-OH is 1. The van der Waals surface area contributed by atoms with Crippen LogP contribution in [0.15, 0.2) is 60.8 Å². The number of hydrogen-bond acceptors (Lipinski definition) is 8.